The van der Waals surface area contributed by atoms with Crippen molar-refractivity contribution in [1.29, 1.82) is 0 Å². The predicted molar refractivity (Wildman–Crippen MR) is 201 cm³/mol. The van der Waals surface area contributed by atoms with E-state index in [9.17, 15) is 29.1 Å². The van der Waals surface area contributed by atoms with Gasteiger partial charge in [0, 0.05) is 34.2 Å². The minimum atomic E-state index is -1.14. The molecular weight excluding hydrogens is 680 g/mol. The van der Waals surface area contributed by atoms with Gasteiger partial charge in [0.1, 0.15) is 12.1 Å². The average molecular weight is 745 g/mol. The van der Waals surface area contributed by atoms with Crippen molar-refractivity contribution in [2.24, 2.45) is 17.8 Å². The molecular formula is C39H64N6O8. The molecule has 2 fully saturated rings. The van der Waals surface area contributed by atoms with E-state index in [1.165, 1.54) is 7.11 Å². The van der Waals surface area contributed by atoms with E-state index in [0.717, 1.165) is 24.9 Å². The molecule has 5 N–H and O–H groups in total. The van der Waals surface area contributed by atoms with Crippen LogP contribution in [0.4, 0.5) is 0 Å². The highest BCUT2D eigenvalue weighted by molar-refractivity contribution is 5.87. The number of aliphatic carboxylic acids is 1. The van der Waals surface area contributed by atoms with Gasteiger partial charge in [0.2, 0.25) is 17.7 Å². The summed E-state index contributed by atoms with van der Waals surface area (Å²) in [6.45, 7) is 12.6. The Kier molecular flexibility index (Phi) is 16.7. The van der Waals surface area contributed by atoms with Crippen molar-refractivity contribution < 1.29 is 38.6 Å². The number of benzene rings is 1. The lowest BCUT2D eigenvalue weighted by atomic mass is 9.89. The van der Waals surface area contributed by atoms with Crippen molar-refractivity contribution in [3.05, 3.63) is 35.9 Å². The van der Waals surface area contributed by atoms with Crippen LogP contribution in [0.2, 0.25) is 0 Å². The zero-order valence-electron chi connectivity index (χ0n) is 33.1. The first-order valence-electron chi connectivity index (χ1n) is 19.1. The Morgan fingerprint density at radius 3 is 2.28 bits per heavy atom. The number of nitrogens with zero attached hydrogens (tertiary/aromatic N) is 2. The molecule has 14 heteroatoms. The normalized spacial score (nSPS) is 22.7. The number of carbonyl (C=O) groups excluding carboxylic acids is 4. The Hall–Kier alpha value is -3.59. The van der Waals surface area contributed by atoms with E-state index < -0.39 is 59.7 Å². The minimum Gasteiger partial charge on any atom is -0.480 e. The molecule has 3 rings (SSSR count). The highest BCUT2D eigenvalue weighted by Crippen LogP contribution is 2.30. The SMILES string of the molecule is CCC(C)C(C(CC(=O)N1CCC[C@H]1C(OC)C(C)C(=O)NC(Cc1ccccc1)C(=O)O)OC)N(C)C(=O)C(NNC(=O)[C@]1(C)CCCN1)C(C)C. The van der Waals surface area contributed by atoms with Crippen LogP contribution in [-0.2, 0) is 39.9 Å². The maximum atomic E-state index is 14.1. The summed E-state index contributed by atoms with van der Waals surface area (Å²) in [5.41, 5.74) is 5.87. The summed E-state index contributed by atoms with van der Waals surface area (Å²) >= 11 is 0. The van der Waals surface area contributed by atoms with Crippen molar-refractivity contribution >= 4 is 29.6 Å². The fourth-order valence-corrected chi connectivity index (χ4v) is 7.76. The number of hydrogen-bond acceptors (Lipinski definition) is 9. The molecule has 298 valence electrons. The van der Waals surface area contributed by atoms with Gasteiger partial charge >= 0.3 is 5.97 Å². The summed E-state index contributed by atoms with van der Waals surface area (Å²) in [4.78, 5) is 70.2. The van der Waals surface area contributed by atoms with Crippen molar-refractivity contribution in [1.82, 2.24) is 31.3 Å². The summed E-state index contributed by atoms with van der Waals surface area (Å²) < 4.78 is 11.9. The summed E-state index contributed by atoms with van der Waals surface area (Å²) in [6.07, 6.45) is 2.45. The number of amides is 4. The Labute approximate surface area is 315 Å². The van der Waals surface area contributed by atoms with Gasteiger partial charge in [0.15, 0.2) is 0 Å². The molecule has 0 aromatic heterocycles. The van der Waals surface area contributed by atoms with Crippen LogP contribution in [0.3, 0.4) is 0 Å². The Bertz CT molecular complexity index is 1370. The Balaban J connectivity index is 1.74. The van der Waals surface area contributed by atoms with Gasteiger partial charge in [-0.25, -0.2) is 10.2 Å². The summed E-state index contributed by atoms with van der Waals surface area (Å²) in [6, 6.07) is 6.37. The predicted octanol–water partition coefficient (Wildman–Crippen LogP) is 2.51. The monoisotopic (exact) mass is 744 g/mol. The number of carboxylic acid groups (broad SMARTS) is 1. The molecule has 2 aliphatic rings. The van der Waals surface area contributed by atoms with E-state index in [-0.39, 0.29) is 42.4 Å². The first-order chi connectivity index (χ1) is 25.1. The van der Waals surface area contributed by atoms with Gasteiger partial charge in [-0.1, -0.05) is 71.4 Å². The smallest absolute Gasteiger partial charge is 0.326 e. The number of ether oxygens (including phenoxy) is 2. The second kappa shape index (κ2) is 20.2. The van der Waals surface area contributed by atoms with Crippen LogP contribution in [0.1, 0.15) is 85.6 Å². The highest BCUT2D eigenvalue weighted by atomic mass is 16.5. The standard InChI is InChI=1S/C39H64N6O8/c1-10-25(4)33(44(7)36(48)32(24(2)3)42-43-38(51)39(6)19-15-20-40-39)30(52-8)23-31(46)45-21-14-18-29(45)34(53-9)26(5)35(47)41-28(37(49)50)22-27-16-12-11-13-17-27/h11-13,16-17,24-26,28-30,32-34,40,42H,10,14-15,18-23H2,1-9H3,(H,41,47)(H,43,51)(H,49,50)/t25?,26?,28?,29-,30?,32?,33?,34?,39-/m0/s1. The molecule has 0 saturated carbocycles. The molecule has 2 saturated heterocycles. The molecule has 9 atom stereocenters. The van der Waals surface area contributed by atoms with Crippen LogP contribution in [0, 0.1) is 17.8 Å². The summed E-state index contributed by atoms with van der Waals surface area (Å²) in [5.74, 6) is -3.17. The number of hydrogen-bond donors (Lipinski definition) is 5. The molecule has 0 radical (unpaired) electrons. The third-order valence-electron chi connectivity index (χ3n) is 11.3. The van der Waals surface area contributed by atoms with E-state index in [2.05, 4.69) is 21.5 Å². The van der Waals surface area contributed by atoms with Crippen LogP contribution >= 0.6 is 0 Å². The lowest BCUT2D eigenvalue weighted by Gasteiger charge is -2.41. The number of carboxylic acids is 1. The molecule has 0 aliphatic carbocycles. The number of carbonyl (C=O) groups is 5. The minimum absolute atomic E-state index is 0.00463. The van der Waals surface area contributed by atoms with E-state index in [0.29, 0.717) is 25.8 Å². The van der Waals surface area contributed by atoms with Crippen molar-refractivity contribution in [2.45, 2.75) is 128 Å². The molecule has 1 aromatic carbocycles. The molecule has 2 heterocycles. The van der Waals surface area contributed by atoms with E-state index in [1.807, 2.05) is 65.0 Å². The second-order valence-corrected chi connectivity index (χ2v) is 15.4. The first kappa shape index (κ1) is 43.8. The zero-order chi connectivity index (χ0) is 39.5. The number of likely N-dealkylation sites (N-methyl/N-ethyl adjacent to an activating group) is 1. The molecule has 2 aliphatic heterocycles. The van der Waals surface area contributed by atoms with Gasteiger partial charge < -0.3 is 35.0 Å². The lowest BCUT2D eigenvalue weighted by molar-refractivity contribution is -0.148. The van der Waals surface area contributed by atoms with Gasteiger partial charge in [0.05, 0.1) is 42.2 Å². The molecule has 14 nitrogen and oxygen atoms in total. The quantitative estimate of drug-likeness (QED) is 0.125. The fourth-order valence-electron chi connectivity index (χ4n) is 7.76. The third-order valence-corrected chi connectivity index (χ3v) is 11.3. The third kappa shape index (κ3) is 11.2. The number of nitrogens with one attached hydrogen (secondary N) is 4. The number of methoxy groups -OCH3 is 2. The highest BCUT2D eigenvalue weighted by Gasteiger charge is 2.43. The van der Waals surface area contributed by atoms with Crippen molar-refractivity contribution in [2.75, 3.05) is 34.4 Å². The molecule has 7 unspecified atom stereocenters. The maximum absolute atomic E-state index is 14.1. The van der Waals surface area contributed by atoms with Crippen LogP contribution in [0.15, 0.2) is 30.3 Å². The van der Waals surface area contributed by atoms with Crippen LogP contribution < -0.4 is 21.5 Å². The van der Waals surface area contributed by atoms with Crippen LogP contribution in [0.5, 0.6) is 0 Å². The average Bonchev–Trinajstić information content (AvgIpc) is 3.81. The van der Waals surface area contributed by atoms with Gasteiger partial charge in [-0.2, -0.15) is 0 Å². The summed E-state index contributed by atoms with van der Waals surface area (Å²) in [5, 5.41) is 15.8. The van der Waals surface area contributed by atoms with Gasteiger partial charge in [-0.15, -0.1) is 0 Å². The molecule has 1 aromatic rings. The van der Waals surface area contributed by atoms with E-state index in [1.54, 1.807) is 30.9 Å². The van der Waals surface area contributed by atoms with Gasteiger partial charge in [0.25, 0.3) is 5.91 Å². The van der Waals surface area contributed by atoms with Crippen molar-refractivity contribution in [3.63, 3.8) is 0 Å². The largest absolute Gasteiger partial charge is 0.480 e. The molecule has 4 amide bonds. The summed E-state index contributed by atoms with van der Waals surface area (Å²) in [7, 11) is 4.76. The Morgan fingerprint density at radius 2 is 1.74 bits per heavy atom. The fraction of sp³-hybridized carbons (Fsp3) is 0.718. The second-order valence-electron chi connectivity index (χ2n) is 15.4. The first-order valence-corrected chi connectivity index (χ1v) is 19.1. The number of likely N-dealkylation sites (tertiary alicyclic amines) is 1. The maximum Gasteiger partial charge on any atom is 0.326 e. The van der Waals surface area contributed by atoms with Crippen molar-refractivity contribution in [3.8, 4) is 0 Å². The topological polar surface area (TPSA) is 179 Å². The molecule has 53 heavy (non-hydrogen) atoms. The number of rotatable bonds is 20. The van der Waals surface area contributed by atoms with E-state index >= 15 is 0 Å². The molecule has 0 spiro atoms. The van der Waals surface area contributed by atoms with Gasteiger partial charge in [-0.05, 0) is 56.6 Å². The van der Waals surface area contributed by atoms with E-state index in [4.69, 9.17) is 9.47 Å². The number of hydrazine groups is 1. The van der Waals surface area contributed by atoms with Gasteiger partial charge in [-0.3, -0.25) is 24.6 Å². The van der Waals surface area contributed by atoms with Crippen LogP contribution in [0.25, 0.3) is 0 Å². The Morgan fingerprint density at radius 1 is 1.06 bits per heavy atom. The zero-order valence-corrected chi connectivity index (χ0v) is 33.1. The van der Waals surface area contributed by atoms with Crippen LogP contribution in [-0.4, -0.2) is 121 Å². The lowest BCUT2D eigenvalue weighted by Crippen LogP contribution is -2.62. The molecule has 0 bridgehead atoms.